The number of non-ortho nitro benzene ring substituents is 1. The van der Waals surface area contributed by atoms with E-state index in [2.05, 4.69) is 15.2 Å². The van der Waals surface area contributed by atoms with Crippen LogP contribution in [-0.2, 0) is 4.79 Å². The van der Waals surface area contributed by atoms with Crippen LogP contribution < -0.4 is 0 Å². The molecule has 136 valence electrons. The van der Waals surface area contributed by atoms with E-state index in [1.54, 1.807) is 30.3 Å². The van der Waals surface area contributed by atoms with Crippen molar-refractivity contribution in [3.8, 4) is 11.4 Å². The van der Waals surface area contributed by atoms with Gasteiger partial charge in [0, 0.05) is 22.7 Å². The summed E-state index contributed by atoms with van der Waals surface area (Å²) in [5.41, 5.74) is 1.02. The van der Waals surface area contributed by atoms with Gasteiger partial charge in [0.15, 0.2) is 5.82 Å². The number of rotatable bonds is 6. The van der Waals surface area contributed by atoms with Crippen LogP contribution in [0.15, 0.2) is 58.6 Å². The van der Waals surface area contributed by atoms with Crippen molar-refractivity contribution in [1.29, 1.82) is 0 Å². The Labute approximate surface area is 162 Å². The average Bonchev–Trinajstić information content (AvgIpc) is 3.10. The third kappa shape index (κ3) is 4.72. The Morgan fingerprint density at radius 1 is 1.26 bits per heavy atom. The maximum atomic E-state index is 11.5. The highest BCUT2D eigenvalue weighted by Gasteiger charge is 2.15. The van der Waals surface area contributed by atoms with Crippen LogP contribution in [0.5, 0.6) is 0 Å². The Hall–Kier alpha value is -3.17. The van der Waals surface area contributed by atoms with E-state index in [0.717, 1.165) is 17.3 Å². The molecule has 0 saturated carbocycles. The normalized spacial score (nSPS) is 11.4. The number of hydrogen-bond acceptors (Lipinski definition) is 6. The van der Waals surface area contributed by atoms with E-state index in [1.807, 2.05) is 0 Å². The fraction of sp³-hybridized carbons (Fsp3) is 0. The Morgan fingerprint density at radius 3 is 2.67 bits per heavy atom. The molecule has 0 spiro atoms. The molecule has 3 aromatic rings. The molecule has 3 rings (SSSR count). The van der Waals surface area contributed by atoms with Gasteiger partial charge in [0.25, 0.3) is 5.69 Å². The third-order valence-electron chi connectivity index (χ3n) is 3.37. The van der Waals surface area contributed by atoms with Crippen LogP contribution in [0.4, 0.5) is 5.69 Å². The van der Waals surface area contributed by atoms with Crippen molar-refractivity contribution >= 4 is 41.1 Å². The highest BCUT2D eigenvalue weighted by atomic mass is 35.5. The summed E-state index contributed by atoms with van der Waals surface area (Å²) in [5, 5.41) is 27.8. The van der Waals surface area contributed by atoms with Gasteiger partial charge >= 0.3 is 5.97 Å². The van der Waals surface area contributed by atoms with Crippen LogP contribution in [0.2, 0.25) is 5.02 Å². The van der Waals surface area contributed by atoms with Gasteiger partial charge in [-0.15, -0.1) is 5.10 Å². The number of benzene rings is 2. The number of carbonyl (C=O) groups is 1. The van der Waals surface area contributed by atoms with E-state index >= 15 is 0 Å². The summed E-state index contributed by atoms with van der Waals surface area (Å²) in [7, 11) is 0. The first kappa shape index (κ1) is 18.6. The van der Waals surface area contributed by atoms with Gasteiger partial charge in [0.1, 0.15) is 4.91 Å². The number of H-pyrrole nitrogens is 1. The monoisotopic (exact) mass is 402 g/mol. The Kier molecular flexibility index (Phi) is 5.53. The quantitative estimate of drug-likeness (QED) is 0.273. The molecule has 1 heterocycles. The Morgan fingerprint density at radius 2 is 2.00 bits per heavy atom. The fourth-order valence-corrected chi connectivity index (χ4v) is 2.97. The molecular formula is C17H11ClN4O4S. The summed E-state index contributed by atoms with van der Waals surface area (Å²) in [6.07, 6.45) is 1.33. The molecule has 0 bridgehead atoms. The molecule has 0 saturated heterocycles. The molecule has 10 heteroatoms. The molecule has 0 fully saturated rings. The molecule has 8 nitrogen and oxygen atoms in total. The lowest BCUT2D eigenvalue weighted by atomic mass is 10.2. The number of nitro benzene ring substituents is 1. The van der Waals surface area contributed by atoms with Crippen LogP contribution >= 0.6 is 23.4 Å². The van der Waals surface area contributed by atoms with E-state index < -0.39 is 10.9 Å². The Balaban J connectivity index is 1.85. The minimum absolute atomic E-state index is 0.0721. The van der Waals surface area contributed by atoms with Crippen LogP contribution in [-0.4, -0.2) is 31.2 Å². The molecular weight excluding hydrogens is 392 g/mol. The number of nitrogens with zero attached hydrogens (tertiary/aromatic N) is 3. The van der Waals surface area contributed by atoms with E-state index in [1.165, 1.54) is 24.3 Å². The maximum absolute atomic E-state index is 11.5. The smallest absolute Gasteiger partial charge is 0.342 e. The number of thioether (sulfide) groups is 1. The summed E-state index contributed by atoms with van der Waals surface area (Å²) in [6.45, 7) is 0. The van der Waals surface area contributed by atoms with Gasteiger partial charge in [-0.25, -0.2) is 9.78 Å². The summed E-state index contributed by atoms with van der Waals surface area (Å²) in [4.78, 5) is 26.0. The molecule has 0 aliphatic rings. The lowest BCUT2D eigenvalue weighted by Crippen LogP contribution is -1.97. The molecule has 0 radical (unpaired) electrons. The van der Waals surface area contributed by atoms with E-state index in [0.29, 0.717) is 16.4 Å². The molecule has 0 atom stereocenters. The third-order valence-corrected chi connectivity index (χ3v) is 4.50. The van der Waals surface area contributed by atoms with Crippen molar-refractivity contribution in [1.82, 2.24) is 15.2 Å². The van der Waals surface area contributed by atoms with Gasteiger partial charge < -0.3 is 5.11 Å². The molecule has 2 N–H and O–H groups in total. The number of nitrogens with one attached hydrogen (secondary N) is 1. The molecule has 2 aromatic carbocycles. The number of carboxylic acid groups (broad SMARTS) is 1. The highest BCUT2D eigenvalue weighted by Crippen LogP contribution is 2.28. The lowest BCUT2D eigenvalue weighted by Gasteiger charge is -2.00. The number of aliphatic carboxylic acids is 1. The number of aromatic amines is 1. The first-order valence-electron chi connectivity index (χ1n) is 7.48. The lowest BCUT2D eigenvalue weighted by molar-refractivity contribution is -0.384. The van der Waals surface area contributed by atoms with Crippen molar-refractivity contribution in [2.75, 3.05) is 0 Å². The number of nitro groups is 1. The Bertz CT molecular complexity index is 1030. The van der Waals surface area contributed by atoms with Gasteiger partial charge in [-0.2, -0.15) is 0 Å². The standard InChI is InChI=1S/C17H11ClN4O4S/c18-12-6-4-11(5-7-12)15-19-17(21-20-15)27-14(16(23)24)9-10-2-1-3-13(8-10)22(25)26/h1-9H,(H,23,24)(H,19,20,21)/b14-9-. The second-order valence-electron chi connectivity index (χ2n) is 5.24. The average molecular weight is 403 g/mol. The number of halogens is 1. The first-order chi connectivity index (χ1) is 12.9. The van der Waals surface area contributed by atoms with Gasteiger partial charge in [-0.3, -0.25) is 15.2 Å². The maximum Gasteiger partial charge on any atom is 0.342 e. The van der Waals surface area contributed by atoms with E-state index in [9.17, 15) is 20.0 Å². The predicted octanol–water partition coefficient (Wildman–Crippen LogP) is 4.25. The van der Waals surface area contributed by atoms with Crippen molar-refractivity contribution in [3.05, 3.63) is 74.1 Å². The topological polar surface area (TPSA) is 122 Å². The molecule has 27 heavy (non-hydrogen) atoms. The zero-order valence-electron chi connectivity index (χ0n) is 13.5. The van der Waals surface area contributed by atoms with Crippen LogP contribution in [0.3, 0.4) is 0 Å². The van der Waals surface area contributed by atoms with Gasteiger partial charge in [-0.05, 0) is 47.7 Å². The minimum atomic E-state index is -1.19. The van der Waals surface area contributed by atoms with E-state index in [-0.39, 0.29) is 15.7 Å². The fourth-order valence-electron chi connectivity index (χ4n) is 2.14. The van der Waals surface area contributed by atoms with Crippen molar-refractivity contribution in [2.45, 2.75) is 5.16 Å². The predicted molar refractivity (Wildman–Crippen MR) is 101 cm³/mol. The highest BCUT2D eigenvalue weighted by molar-refractivity contribution is 8.04. The van der Waals surface area contributed by atoms with Gasteiger partial charge in [-0.1, -0.05) is 23.7 Å². The first-order valence-corrected chi connectivity index (χ1v) is 8.67. The molecule has 0 amide bonds. The van der Waals surface area contributed by atoms with E-state index in [4.69, 9.17) is 11.6 Å². The largest absolute Gasteiger partial charge is 0.477 e. The number of hydrogen-bond donors (Lipinski definition) is 2. The second kappa shape index (κ2) is 8.02. The zero-order valence-corrected chi connectivity index (χ0v) is 15.1. The zero-order chi connectivity index (χ0) is 19.4. The number of carboxylic acids is 1. The summed E-state index contributed by atoms with van der Waals surface area (Å²) in [5.74, 6) is -0.724. The van der Waals surface area contributed by atoms with Crippen LogP contribution in [0.1, 0.15) is 5.56 Å². The molecule has 0 aliphatic heterocycles. The minimum Gasteiger partial charge on any atom is -0.477 e. The van der Waals surface area contributed by atoms with Crippen molar-refractivity contribution in [2.24, 2.45) is 0 Å². The molecule has 0 aliphatic carbocycles. The van der Waals surface area contributed by atoms with Gasteiger partial charge in [0.2, 0.25) is 5.16 Å². The molecule has 1 aromatic heterocycles. The second-order valence-corrected chi connectivity index (χ2v) is 6.69. The molecule has 0 unspecified atom stereocenters. The summed E-state index contributed by atoms with van der Waals surface area (Å²) < 4.78 is 0. The van der Waals surface area contributed by atoms with Crippen LogP contribution in [0, 0.1) is 10.1 Å². The SMILES string of the molecule is O=C(O)/C(=C/c1cccc([N+](=O)[O-])c1)Sc1n[nH]c(-c2ccc(Cl)cc2)n1. The summed E-state index contributed by atoms with van der Waals surface area (Å²) >= 11 is 6.69. The van der Waals surface area contributed by atoms with Crippen molar-refractivity contribution in [3.63, 3.8) is 0 Å². The number of aromatic nitrogens is 3. The van der Waals surface area contributed by atoms with Crippen LogP contribution in [0.25, 0.3) is 17.5 Å². The van der Waals surface area contributed by atoms with Gasteiger partial charge in [0.05, 0.1) is 4.92 Å². The summed E-state index contributed by atoms with van der Waals surface area (Å²) in [6, 6.07) is 12.6. The van der Waals surface area contributed by atoms with Crippen molar-refractivity contribution < 1.29 is 14.8 Å².